The lowest BCUT2D eigenvalue weighted by atomic mass is 9.98. The Morgan fingerprint density at radius 3 is 1.68 bits per heavy atom. The smallest absolute Gasteiger partial charge is 0.0541 e. The van der Waals surface area contributed by atoms with Crippen molar-refractivity contribution in [3.05, 3.63) is 150 Å². The van der Waals surface area contributed by atoms with Gasteiger partial charge in [0.15, 0.2) is 0 Å². The number of benzene rings is 6. The van der Waals surface area contributed by atoms with E-state index in [0.717, 1.165) is 4.47 Å². The lowest BCUT2D eigenvalue weighted by Gasteiger charge is -2.10. The first-order valence-electron chi connectivity index (χ1n) is 12.8. The number of halogens is 1. The zero-order valence-electron chi connectivity index (χ0n) is 20.7. The number of hydrogen-bond donors (Lipinski definition) is 0. The molecule has 0 saturated carbocycles. The van der Waals surface area contributed by atoms with Crippen LogP contribution in [0.1, 0.15) is 0 Å². The van der Waals surface area contributed by atoms with E-state index in [4.69, 9.17) is 0 Å². The minimum atomic E-state index is 1.09. The van der Waals surface area contributed by atoms with E-state index < -0.39 is 0 Å². The van der Waals surface area contributed by atoms with Crippen LogP contribution in [0.4, 0.5) is 0 Å². The van der Waals surface area contributed by atoms with Gasteiger partial charge in [-0.3, -0.25) is 0 Å². The molecule has 0 saturated heterocycles. The van der Waals surface area contributed by atoms with E-state index in [1.807, 2.05) is 0 Å². The first-order valence-corrected chi connectivity index (χ1v) is 13.6. The van der Waals surface area contributed by atoms with Gasteiger partial charge in [-0.1, -0.05) is 113 Å². The summed E-state index contributed by atoms with van der Waals surface area (Å²) in [5.74, 6) is 0. The van der Waals surface area contributed by atoms with Gasteiger partial charge in [-0.2, -0.15) is 0 Å². The van der Waals surface area contributed by atoms with Gasteiger partial charge in [0, 0.05) is 20.9 Å². The summed E-state index contributed by atoms with van der Waals surface area (Å²) in [7, 11) is 0. The Bertz CT molecular complexity index is 1910. The molecule has 0 radical (unpaired) electrons. The molecular formula is C36H24BrN. The van der Waals surface area contributed by atoms with Gasteiger partial charge in [-0.25, -0.2) is 0 Å². The van der Waals surface area contributed by atoms with Crippen molar-refractivity contribution in [1.29, 1.82) is 0 Å². The third-order valence-electron chi connectivity index (χ3n) is 7.26. The number of rotatable bonds is 4. The van der Waals surface area contributed by atoms with Crippen LogP contribution >= 0.6 is 15.9 Å². The maximum Gasteiger partial charge on any atom is 0.0541 e. The van der Waals surface area contributed by atoms with E-state index >= 15 is 0 Å². The van der Waals surface area contributed by atoms with Gasteiger partial charge in [-0.15, -0.1) is 0 Å². The second-order valence-electron chi connectivity index (χ2n) is 9.59. The average Bonchev–Trinajstić information content (AvgIpc) is 3.31. The number of nitrogens with zero attached hydrogens (tertiary/aromatic N) is 1. The van der Waals surface area contributed by atoms with Gasteiger partial charge in [-0.05, 0) is 81.9 Å². The minimum absolute atomic E-state index is 1.09. The van der Waals surface area contributed by atoms with Crippen LogP contribution in [0, 0.1) is 0 Å². The normalized spacial score (nSPS) is 11.3. The summed E-state index contributed by atoms with van der Waals surface area (Å²) in [5, 5.41) is 2.53. The molecule has 0 aliphatic carbocycles. The van der Waals surface area contributed by atoms with Crippen LogP contribution in [0.5, 0.6) is 0 Å². The van der Waals surface area contributed by atoms with Crippen molar-refractivity contribution in [3.63, 3.8) is 0 Å². The summed E-state index contributed by atoms with van der Waals surface area (Å²) in [5.41, 5.74) is 10.9. The highest BCUT2D eigenvalue weighted by Gasteiger charge is 2.13. The van der Waals surface area contributed by atoms with Crippen molar-refractivity contribution in [2.45, 2.75) is 0 Å². The molecule has 38 heavy (non-hydrogen) atoms. The summed E-state index contributed by atoms with van der Waals surface area (Å²) >= 11 is 3.61. The van der Waals surface area contributed by atoms with Crippen molar-refractivity contribution in [2.75, 3.05) is 0 Å². The fourth-order valence-electron chi connectivity index (χ4n) is 5.41. The molecule has 0 aliphatic heterocycles. The van der Waals surface area contributed by atoms with Crippen LogP contribution in [0.2, 0.25) is 0 Å². The first-order chi connectivity index (χ1) is 18.7. The zero-order valence-corrected chi connectivity index (χ0v) is 22.3. The molecule has 0 aliphatic rings. The second-order valence-corrected chi connectivity index (χ2v) is 10.5. The molecule has 0 amide bonds. The molecule has 0 unspecified atom stereocenters. The average molecular weight is 550 g/mol. The SMILES string of the molecule is Brc1cccc(-c2cccc(-c3ccc4c(c3)c3ccccc3n4-c3ccc(-c4ccccc4)cc3)c2)c1. The van der Waals surface area contributed by atoms with Crippen molar-refractivity contribution < 1.29 is 0 Å². The Morgan fingerprint density at radius 2 is 0.921 bits per heavy atom. The summed E-state index contributed by atoms with van der Waals surface area (Å²) in [6, 6.07) is 52.2. The maximum absolute atomic E-state index is 3.61. The molecule has 7 aromatic rings. The predicted molar refractivity (Wildman–Crippen MR) is 165 cm³/mol. The van der Waals surface area contributed by atoms with Gasteiger partial charge in [0.2, 0.25) is 0 Å². The van der Waals surface area contributed by atoms with Crippen LogP contribution in [-0.2, 0) is 0 Å². The molecule has 180 valence electrons. The van der Waals surface area contributed by atoms with E-state index in [1.165, 1.54) is 60.9 Å². The van der Waals surface area contributed by atoms with Crippen LogP contribution in [0.3, 0.4) is 0 Å². The highest BCUT2D eigenvalue weighted by Crippen LogP contribution is 2.36. The van der Waals surface area contributed by atoms with Gasteiger partial charge in [0.05, 0.1) is 11.0 Å². The topological polar surface area (TPSA) is 4.93 Å². The molecule has 1 heterocycles. The Balaban J connectivity index is 1.35. The van der Waals surface area contributed by atoms with Crippen molar-refractivity contribution in [1.82, 2.24) is 4.57 Å². The largest absolute Gasteiger partial charge is 0.309 e. The Kier molecular flexibility index (Phi) is 5.68. The summed E-state index contributed by atoms with van der Waals surface area (Å²) in [6.45, 7) is 0. The van der Waals surface area contributed by atoms with Gasteiger partial charge in [0.25, 0.3) is 0 Å². The highest BCUT2D eigenvalue weighted by atomic mass is 79.9. The molecule has 0 bridgehead atoms. The van der Waals surface area contributed by atoms with Gasteiger partial charge in [0.1, 0.15) is 0 Å². The van der Waals surface area contributed by atoms with Gasteiger partial charge >= 0.3 is 0 Å². The van der Waals surface area contributed by atoms with E-state index in [-0.39, 0.29) is 0 Å². The second kappa shape index (κ2) is 9.48. The molecule has 7 rings (SSSR count). The third-order valence-corrected chi connectivity index (χ3v) is 7.75. The Morgan fingerprint density at radius 1 is 0.368 bits per heavy atom. The summed E-state index contributed by atoms with van der Waals surface area (Å²) in [4.78, 5) is 0. The molecule has 6 aromatic carbocycles. The standard InChI is InChI=1S/C36H24BrN/c37-31-13-7-12-29(23-31)27-10-6-11-28(22-27)30-18-21-36-34(24-30)33-14-4-5-15-35(33)38(36)32-19-16-26(17-20-32)25-8-2-1-3-9-25/h1-24H. The molecular weight excluding hydrogens is 526 g/mol. The van der Waals surface area contributed by atoms with Crippen LogP contribution < -0.4 is 0 Å². The molecule has 0 atom stereocenters. The Labute approximate surface area is 230 Å². The van der Waals surface area contributed by atoms with Crippen molar-refractivity contribution in [3.8, 4) is 39.1 Å². The predicted octanol–water partition coefficient (Wildman–Crippen LogP) is 10.5. The maximum atomic E-state index is 3.61. The summed E-state index contributed by atoms with van der Waals surface area (Å²) in [6.07, 6.45) is 0. The Hall–Kier alpha value is -4.40. The van der Waals surface area contributed by atoms with Crippen molar-refractivity contribution >= 4 is 37.7 Å². The lowest BCUT2D eigenvalue weighted by molar-refractivity contribution is 1.18. The van der Waals surface area contributed by atoms with Gasteiger partial charge < -0.3 is 4.57 Å². The molecule has 1 aromatic heterocycles. The minimum Gasteiger partial charge on any atom is -0.309 e. The molecule has 2 heteroatoms. The van der Waals surface area contributed by atoms with E-state index in [1.54, 1.807) is 0 Å². The molecule has 0 N–H and O–H groups in total. The quantitative estimate of drug-likeness (QED) is 0.205. The number of fused-ring (bicyclic) bond motifs is 3. The zero-order chi connectivity index (χ0) is 25.5. The molecule has 0 spiro atoms. The fourth-order valence-corrected chi connectivity index (χ4v) is 5.81. The number of para-hydroxylation sites is 1. The highest BCUT2D eigenvalue weighted by molar-refractivity contribution is 9.10. The number of aromatic nitrogens is 1. The van der Waals surface area contributed by atoms with Crippen LogP contribution in [0.15, 0.2) is 150 Å². The lowest BCUT2D eigenvalue weighted by Crippen LogP contribution is -1.93. The summed E-state index contributed by atoms with van der Waals surface area (Å²) < 4.78 is 3.47. The monoisotopic (exact) mass is 549 g/mol. The third kappa shape index (κ3) is 4.04. The van der Waals surface area contributed by atoms with Crippen LogP contribution in [-0.4, -0.2) is 4.57 Å². The van der Waals surface area contributed by atoms with Crippen molar-refractivity contribution in [2.24, 2.45) is 0 Å². The fraction of sp³-hybridized carbons (Fsp3) is 0. The van der Waals surface area contributed by atoms with E-state index in [9.17, 15) is 0 Å². The molecule has 1 nitrogen and oxygen atoms in total. The first kappa shape index (κ1) is 22.8. The molecule has 0 fully saturated rings. The number of hydrogen-bond acceptors (Lipinski definition) is 0. The van der Waals surface area contributed by atoms with E-state index in [2.05, 4.69) is 166 Å². The van der Waals surface area contributed by atoms with E-state index in [0.29, 0.717) is 0 Å². The van der Waals surface area contributed by atoms with Crippen LogP contribution in [0.25, 0.3) is 60.9 Å².